The Morgan fingerprint density at radius 1 is 1.32 bits per heavy atom. The normalized spacial score (nSPS) is 18.8. The molecule has 6 heteroatoms. The smallest absolute Gasteiger partial charge is 0.194 e. The molecule has 25 heavy (non-hydrogen) atoms. The highest BCUT2D eigenvalue weighted by atomic mass is 19.1. The van der Waals surface area contributed by atoms with Crippen molar-refractivity contribution >= 4 is 5.96 Å². The third-order valence-corrected chi connectivity index (χ3v) is 5.60. The van der Waals surface area contributed by atoms with Crippen LogP contribution in [0.5, 0.6) is 0 Å². The summed E-state index contributed by atoms with van der Waals surface area (Å²) in [7, 11) is 1.78. The van der Waals surface area contributed by atoms with Crippen LogP contribution in [0.25, 0.3) is 5.69 Å². The molecular weight excluding hydrogens is 317 g/mol. The number of hydrogen-bond acceptors (Lipinski definition) is 2. The lowest BCUT2D eigenvalue weighted by Gasteiger charge is -2.62. The van der Waals surface area contributed by atoms with Crippen molar-refractivity contribution < 1.29 is 4.39 Å². The summed E-state index contributed by atoms with van der Waals surface area (Å²) in [6.45, 7) is 10.5. The fraction of sp³-hybridized carbons (Fsp3) is 0.474. The average molecular weight is 343 g/mol. The molecule has 1 aliphatic rings. The van der Waals surface area contributed by atoms with Crippen LogP contribution in [0.15, 0.2) is 41.9 Å². The first-order chi connectivity index (χ1) is 11.8. The van der Waals surface area contributed by atoms with E-state index in [-0.39, 0.29) is 16.8 Å². The molecule has 1 fully saturated rings. The highest BCUT2D eigenvalue weighted by Gasteiger charge is 2.53. The third kappa shape index (κ3) is 3.01. The van der Waals surface area contributed by atoms with Gasteiger partial charge in [0.2, 0.25) is 0 Å². The number of aromatic nitrogens is 2. The van der Waals surface area contributed by atoms with Gasteiger partial charge in [-0.1, -0.05) is 19.9 Å². The Labute approximate surface area is 148 Å². The Balaban J connectivity index is 1.68. The van der Waals surface area contributed by atoms with Crippen LogP contribution in [0.2, 0.25) is 0 Å². The largest absolute Gasteiger partial charge is 0.352 e. The zero-order valence-corrected chi connectivity index (χ0v) is 15.5. The van der Waals surface area contributed by atoms with Crippen LogP contribution in [0.1, 0.15) is 33.3 Å². The van der Waals surface area contributed by atoms with E-state index in [2.05, 4.69) is 47.9 Å². The molecule has 0 unspecified atom stereocenters. The number of nitrogens with one attached hydrogen (secondary N) is 1. The number of halogens is 1. The van der Waals surface area contributed by atoms with Crippen molar-refractivity contribution in [1.29, 1.82) is 0 Å². The van der Waals surface area contributed by atoms with Crippen LogP contribution >= 0.6 is 0 Å². The maximum atomic E-state index is 14.4. The monoisotopic (exact) mass is 343 g/mol. The van der Waals surface area contributed by atoms with E-state index >= 15 is 0 Å². The van der Waals surface area contributed by atoms with Gasteiger partial charge in [0.1, 0.15) is 5.82 Å². The number of rotatable bonds is 3. The van der Waals surface area contributed by atoms with Gasteiger partial charge >= 0.3 is 0 Å². The van der Waals surface area contributed by atoms with E-state index in [1.165, 1.54) is 0 Å². The van der Waals surface area contributed by atoms with Crippen molar-refractivity contribution in [3.05, 3.63) is 48.3 Å². The molecule has 1 aromatic heterocycles. The fourth-order valence-electron chi connectivity index (χ4n) is 3.15. The molecule has 2 heterocycles. The average Bonchev–Trinajstić information content (AvgIpc) is 3.08. The molecule has 134 valence electrons. The molecule has 1 aliphatic heterocycles. The first-order valence-electron chi connectivity index (χ1n) is 8.51. The molecule has 0 aliphatic carbocycles. The van der Waals surface area contributed by atoms with E-state index < -0.39 is 0 Å². The summed E-state index contributed by atoms with van der Waals surface area (Å²) >= 11 is 0. The molecular formula is C19H26FN5. The highest BCUT2D eigenvalue weighted by molar-refractivity contribution is 5.82. The minimum Gasteiger partial charge on any atom is -0.352 e. The van der Waals surface area contributed by atoms with Crippen molar-refractivity contribution in [3.8, 4) is 5.69 Å². The second-order valence-electron chi connectivity index (χ2n) is 7.69. The van der Waals surface area contributed by atoms with E-state index in [0.717, 1.165) is 18.1 Å². The summed E-state index contributed by atoms with van der Waals surface area (Å²) in [6.07, 6.45) is 4.95. The van der Waals surface area contributed by atoms with Gasteiger partial charge in [-0.15, -0.1) is 0 Å². The Morgan fingerprint density at radius 2 is 2.08 bits per heavy atom. The molecule has 2 aromatic rings. The highest BCUT2D eigenvalue weighted by Crippen LogP contribution is 2.46. The van der Waals surface area contributed by atoms with Gasteiger partial charge in [-0.05, 0) is 31.5 Å². The number of aliphatic imine (C=N–C) groups is 1. The van der Waals surface area contributed by atoms with E-state index in [4.69, 9.17) is 0 Å². The summed E-state index contributed by atoms with van der Waals surface area (Å²) in [5.41, 5.74) is 1.64. The lowest BCUT2D eigenvalue weighted by molar-refractivity contribution is -0.0667. The van der Waals surface area contributed by atoms with E-state index in [1.807, 2.05) is 6.07 Å². The molecule has 0 saturated carbocycles. The number of benzene rings is 1. The first-order valence-corrected chi connectivity index (χ1v) is 8.51. The van der Waals surface area contributed by atoms with Gasteiger partial charge in [0.05, 0.1) is 12.0 Å². The second kappa shape index (κ2) is 6.17. The Bertz CT molecular complexity index is 777. The summed E-state index contributed by atoms with van der Waals surface area (Å²) in [5.74, 6) is 0.584. The van der Waals surface area contributed by atoms with Gasteiger partial charge in [0, 0.05) is 43.5 Å². The van der Waals surface area contributed by atoms with Crippen LogP contribution in [-0.2, 0) is 6.54 Å². The number of nitrogens with zero attached hydrogens (tertiary/aromatic N) is 4. The SMILES string of the molecule is CN=C(NCc1ccc(-n2ccnc2)c(F)c1)N1CC(C)(C)C1(C)C. The maximum absolute atomic E-state index is 14.4. The third-order valence-electron chi connectivity index (χ3n) is 5.60. The zero-order chi connectivity index (χ0) is 18.2. The fourth-order valence-corrected chi connectivity index (χ4v) is 3.15. The van der Waals surface area contributed by atoms with Gasteiger partial charge in [0.15, 0.2) is 5.96 Å². The zero-order valence-electron chi connectivity index (χ0n) is 15.5. The van der Waals surface area contributed by atoms with Crippen LogP contribution < -0.4 is 5.32 Å². The summed E-state index contributed by atoms with van der Waals surface area (Å²) in [6, 6.07) is 5.25. The summed E-state index contributed by atoms with van der Waals surface area (Å²) < 4.78 is 16.0. The van der Waals surface area contributed by atoms with E-state index in [1.54, 1.807) is 42.5 Å². The van der Waals surface area contributed by atoms with Crippen LogP contribution in [-0.4, -0.2) is 39.5 Å². The molecule has 0 spiro atoms. The topological polar surface area (TPSA) is 45.5 Å². The van der Waals surface area contributed by atoms with Gasteiger partial charge < -0.3 is 14.8 Å². The van der Waals surface area contributed by atoms with Crippen molar-refractivity contribution in [3.63, 3.8) is 0 Å². The maximum Gasteiger partial charge on any atom is 0.194 e. The molecule has 0 amide bonds. The minimum absolute atomic E-state index is 0.0331. The van der Waals surface area contributed by atoms with Crippen LogP contribution in [0.4, 0.5) is 4.39 Å². The lowest BCUT2D eigenvalue weighted by atomic mass is 9.65. The van der Waals surface area contributed by atoms with Gasteiger partial charge in [-0.3, -0.25) is 4.99 Å². The summed E-state index contributed by atoms with van der Waals surface area (Å²) in [4.78, 5) is 10.6. The van der Waals surface area contributed by atoms with Crippen molar-refractivity contribution in [2.45, 2.75) is 39.8 Å². The van der Waals surface area contributed by atoms with Gasteiger partial charge in [0.25, 0.3) is 0 Å². The Morgan fingerprint density at radius 3 is 2.60 bits per heavy atom. The van der Waals surface area contributed by atoms with Crippen LogP contribution in [0, 0.1) is 11.2 Å². The molecule has 1 N–H and O–H groups in total. The molecule has 5 nitrogen and oxygen atoms in total. The second-order valence-corrected chi connectivity index (χ2v) is 7.69. The number of imidazole rings is 1. The van der Waals surface area contributed by atoms with Gasteiger partial charge in [-0.2, -0.15) is 0 Å². The van der Waals surface area contributed by atoms with Crippen molar-refractivity contribution in [2.75, 3.05) is 13.6 Å². The molecule has 1 saturated heterocycles. The van der Waals surface area contributed by atoms with E-state index in [9.17, 15) is 4.39 Å². The molecule has 0 bridgehead atoms. The predicted molar refractivity (Wildman–Crippen MR) is 98.3 cm³/mol. The van der Waals surface area contributed by atoms with Crippen LogP contribution in [0.3, 0.4) is 0 Å². The predicted octanol–water partition coefficient (Wildman–Crippen LogP) is 3.21. The molecule has 0 atom stereocenters. The standard InChI is InChI=1S/C19H26FN5/c1-18(2)12-25(19(18,3)4)17(21-5)23-11-14-6-7-16(15(20)10-14)24-9-8-22-13-24/h6-10,13H,11-12H2,1-5H3,(H,21,23). The summed E-state index contributed by atoms with van der Waals surface area (Å²) in [5, 5.41) is 3.35. The number of hydrogen-bond donors (Lipinski definition) is 1. The minimum atomic E-state index is -0.266. The Kier molecular flexibility index (Phi) is 4.31. The lowest BCUT2D eigenvalue weighted by Crippen LogP contribution is -2.72. The number of likely N-dealkylation sites (tertiary alicyclic amines) is 1. The number of guanidine groups is 1. The first kappa shape index (κ1) is 17.5. The van der Waals surface area contributed by atoms with Crippen molar-refractivity contribution in [1.82, 2.24) is 19.8 Å². The van der Waals surface area contributed by atoms with E-state index in [0.29, 0.717) is 12.2 Å². The Hall–Kier alpha value is -2.37. The quantitative estimate of drug-likeness (QED) is 0.688. The van der Waals surface area contributed by atoms with Gasteiger partial charge in [-0.25, -0.2) is 9.37 Å². The van der Waals surface area contributed by atoms with Crippen molar-refractivity contribution in [2.24, 2.45) is 10.4 Å². The molecule has 3 rings (SSSR count). The molecule has 1 aromatic carbocycles. The molecule has 0 radical (unpaired) electrons.